The maximum atomic E-state index is 13.8. The highest BCUT2D eigenvalue weighted by atomic mass is 35.5. The van der Waals surface area contributed by atoms with Crippen molar-refractivity contribution in [3.05, 3.63) is 87.7 Å². The van der Waals surface area contributed by atoms with Crippen molar-refractivity contribution in [2.75, 3.05) is 15.5 Å². The van der Waals surface area contributed by atoms with E-state index in [1.165, 1.54) is 17.0 Å². The van der Waals surface area contributed by atoms with Crippen molar-refractivity contribution in [3.8, 4) is 0 Å². The molecule has 0 aliphatic carbocycles. The van der Waals surface area contributed by atoms with Crippen molar-refractivity contribution in [1.29, 1.82) is 0 Å². The predicted molar refractivity (Wildman–Crippen MR) is 110 cm³/mol. The summed E-state index contributed by atoms with van der Waals surface area (Å²) in [6, 6.07) is 15.8. The topological polar surface area (TPSA) is 61.4 Å². The molecule has 0 saturated carbocycles. The second-order valence-corrected chi connectivity index (χ2v) is 7.55. The van der Waals surface area contributed by atoms with E-state index in [9.17, 15) is 14.0 Å². The van der Waals surface area contributed by atoms with E-state index in [-0.39, 0.29) is 10.7 Å². The van der Waals surface area contributed by atoms with E-state index in [4.69, 9.17) is 23.2 Å². The minimum atomic E-state index is -1.60. The molecule has 5 nitrogen and oxygen atoms in total. The molecule has 0 saturated heterocycles. The SMILES string of the molecule is O=C1c2ccccc2NC2(C(=O)Nc3c(Cl)cccc32)N1c1ccc(F)c(Cl)c1. The molecule has 2 heterocycles. The molecule has 0 fully saturated rings. The molecular weight excluding hydrogens is 416 g/mol. The first-order valence-corrected chi connectivity index (χ1v) is 9.46. The second-order valence-electron chi connectivity index (χ2n) is 6.74. The molecule has 3 aromatic carbocycles. The van der Waals surface area contributed by atoms with Gasteiger partial charge in [-0.2, -0.15) is 0 Å². The zero-order chi connectivity index (χ0) is 20.3. The number of para-hydroxylation sites is 2. The smallest absolute Gasteiger partial charge is 0.276 e. The van der Waals surface area contributed by atoms with E-state index in [1.54, 1.807) is 42.5 Å². The molecule has 2 aliphatic rings. The van der Waals surface area contributed by atoms with Crippen LogP contribution in [0.15, 0.2) is 60.7 Å². The first-order chi connectivity index (χ1) is 13.9. The fourth-order valence-electron chi connectivity index (χ4n) is 3.86. The predicted octanol–water partition coefficient (Wildman–Crippen LogP) is 5.01. The Hall–Kier alpha value is -3.09. The number of carbonyl (C=O) groups is 2. The lowest BCUT2D eigenvalue weighted by Gasteiger charge is -2.44. The van der Waals surface area contributed by atoms with Crippen LogP contribution in [0.1, 0.15) is 15.9 Å². The first-order valence-electron chi connectivity index (χ1n) is 8.71. The summed E-state index contributed by atoms with van der Waals surface area (Å²) < 4.78 is 13.8. The first kappa shape index (κ1) is 18.0. The van der Waals surface area contributed by atoms with Gasteiger partial charge in [0.25, 0.3) is 11.8 Å². The van der Waals surface area contributed by atoms with Gasteiger partial charge in [0, 0.05) is 16.9 Å². The van der Waals surface area contributed by atoms with E-state index < -0.39 is 23.3 Å². The minimum absolute atomic E-state index is 0.158. The van der Waals surface area contributed by atoms with Crippen molar-refractivity contribution in [2.45, 2.75) is 5.66 Å². The van der Waals surface area contributed by atoms with Crippen molar-refractivity contribution >= 4 is 52.1 Å². The number of nitrogens with one attached hydrogen (secondary N) is 2. The van der Waals surface area contributed by atoms with Gasteiger partial charge in [0.05, 0.1) is 21.3 Å². The van der Waals surface area contributed by atoms with E-state index in [0.717, 1.165) is 6.07 Å². The maximum absolute atomic E-state index is 13.8. The normalized spacial score (nSPS) is 19.6. The standard InChI is InChI=1S/C21H12Cl2FN3O2/c22-14-6-3-5-13-18(14)25-20(29)21(13)26-17-7-2-1-4-12(17)19(28)27(21)11-8-9-16(24)15(23)10-11/h1-10,26H,(H,25,29). The summed E-state index contributed by atoms with van der Waals surface area (Å²) in [4.78, 5) is 28.2. The van der Waals surface area contributed by atoms with Crippen LogP contribution in [0.2, 0.25) is 10.0 Å². The molecular formula is C21H12Cl2FN3O2. The number of halogens is 3. The van der Waals surface area contributed by atoms with E-state index in [1.807, 2.05) is 0 Å². The third-order valence-corrected chi connectivity index (χ3v) is 5.75. The third-order valence-electron chi connectivity index (χ3n) is 5.14. The van der Waals surface area contributed by atoms with Crippen LogP contribution in [0.3, 0.4) is 0 Å². The summed E-state index contributed by atoms with van der Waals surface area (Å²) in [5.41, 5.74) is 0.445. The van der Waals surface area contributed by atoms with Gasteiger partial charge >= 0.3 is 0 Å². The molecule has 2 aliphatic heterocycles. The molecule has 144 valence electrons. The lowest BCUT2D eigenvalue weighted by Crippen LogP contribution is -2.61. The zero-order valence-electron chi connectivity index (χ0n) is 14.7. The number of nitrogens with zero attached hydrogens (tertiary/aromatic N) is 1. The monoisotopic (exact) mass is 427 g/mol. The quantitative estimate of drug-likeness (QED) is 0.573. The van der Waals surface area contributed by atoms with Crippen molar-refractivity contribution < 1.29 is 14.0 Å². The fourth-order valence-corrected chi connectivity index (χ4v) is 4.26. The van der Waals surface area contributed by atoms with Gasteiger partial charge in [0.1, 0.15) is 5.82 Å². The van der Waals surface area contributed by atoms with Crippen LogP contribution in [-0.4, -0.2) is 11.8 Å². The fraction of sp³-hybridized carbons (Fsp3) is 0.0476. The van der Waals surface area contributed by atoms with Gasteiger partial charge in [-0.25, -0.2) is 4.39 Å². The molecule has 1 atom stereocenters. The number of fused-ring (bicyclic) bond motifs is 3. The minimum Gasteiger partial charge on any atom is -0.350 e. The Morgan fingerprint density at radius 3 is 2.52 bits per heavy atom. The van der Waals surface area contributed by atoms with Crippen LogP contribution < -0.4 is 15.5 Å². The Morgan fingerprint density at radius 1 is 0.931 bits per heavy atom. The number of benzene rings is 3. The third kappa shape index (κ3) is 2.39. The van der Waals surface area contributed by atoms with Gasteiger partial charge in [-0.15, -0.1) is 0 Å². The molecule has 0 radical (unpaired) electrons. The van der Waals surface area contributed by atoms with Crippen molar-refractivity contribution in [3.63, 3.8) is 0 Å². The summed E-state index contributed by atoms with van der Waals surface area (Å²) in [5.74, 6) is -1.53. The van der Waals surface area contributed by atoms with Gasteiger partial charge in [-0.3, -0.25) is 14.5 Å². The summed E-state index contributed by atoms with van der Waals surface area (Å²) in [5, 5.41) is 6.17. The Morgan fingerprint density at radius 2 is 1.72 bits per heavy atom. The molecule has 1 spiro atoms. The van der Waals surface area contributed by atoms with E-state index >= 15 is 0 Å². The second kappa shape index (κ2) is 6.20. The highest BCUT2D eigenvalue weighted by Gasteiger charge is 2.57. The van der Waals surface area contributed by atoms with Gasteiger partial charge < -0.3 is 10.6 Å². The molecule has 2 amide bonds. The van der Waals surface area contributed by atoms with Gasteiger partial charge in [0.15, 0.2) is 0 Å². The van der Waals surface area contributed by atoms with Gasteiger partial charge in [-0.1, -0.05) is 47.5 Å². The highest BCUT2D eigenvalue weighted by Crippen LogP contribution is 2.49. The van der Waals surface area contributed by atoms with Crippen LogP contribution >= 0.6 is 23.2 Å². The van der Waals surface area contributed by atoms with Crippen molar-refractivity contribution in [1.82, 2.24) is 0 Å². The molecule has 29 heavy (non-hydrogen) atoms. The Balaban J connectivity index is 1.83. The summed E-state index contributed by atoms with van der Waals surface area (Å²) in [6.07, 6.45) is 0. The number of anilines is 3. The lowest BCUT2D eigenvalue weighted by atomic mass is 9.92. The molecule has 0 aromatic heterocycles. The average Bonchev–Trinajstić information content (AvgIpc) is 2.98. The van der Waals surface area contributed by atoms with Crippen LogP contribution in [0, 0.1) is 5.82 Å². The average molecular weight is 428 g/mol. The molecule has 1 unspecified atom stereocenters. The summed E-state index contributed by atoms with van der Waals surface area (Å²) >= 11 is 12.3. The summed E-state index contributed by atoms with van der Waals surface area (Å²) in [7, 11) is 0. The number of hydrogen-bond donors (Lipinski definition) is 2. The molecule has 5 rings (SSSR count). The van der Waals surface area contributed by atoms with E-state index in [2.05, 4.69) is 10.6 Å². The number of hydrogen-bond acceptors (Lipinski definition) is 3. The molecule has 0 bridgehead atoms. The Kier molecular flexibility index (Phi) is 3.84. The number of carbonyl (C=O) groups excluding carboxylic acids is 2. The van der Waals surface area contributed by atoms with Gasteiger partial charge in [0.2, 0.25) is 5.66 Å². The maximum Gasteiger partial charge on any atom is 0.276 e. The van der Waals surface area contributed by atoms with Crippen LogP contribution in [0.5, 0.6) is 0 Å². The molecule has 8 heteroatoms. The lowest BCUT2D eigenvalue weighted by molar-refractivity contribution is -0.119. The van der Waals surface area contributed by atoms with Crippen LogP contribution in [0.25, 0.3) is 0 Å². The van der Waals surface area contributed by atoms with Gasteiger partial charge in [-0.05, 0) is 36.4 Å². The zero-order valence-corrected chi connectivity index (χ0v) is 16.2. The largest absolute Gasteiger partial charge is 0.350 e. The van der Waals surface area contributed by atoms with E-state index in [0.29, 0.717) is 27.5 Å². The number of rotatable bonds is 1. The molecule has 3 aromatic rings. The van der Waals surface area contributed by atoms with Crippen molar-refractivity contribution in [2.24, 2.45) is 0 Å². The Bertz CT molecular complexity index is 1220. The number of amides is 2. The van der Waals surface area contributed by atoms with Crippen LogP contribution in [-0.2, 0) is 10.5 Å². The highest BCUT2D eigenvalue weighted by molar-refractivity contribution is 6.35. The Labute approximate surface area is 175 Å². The summed E-state index contributed by atoms with van der Waals surface area (Å²) in [6.45, 7) is 0. The molecule has 2 N–H and O–H groups in total. The van der Waals surface area contributed by atoms with Crippen LogP contribution in [0.4, 0.5) is 21.5 Å².